The summed E-state index contributed by atoms with van der Waals surface area (Å²) in [4.78, 5) is 0. The zero-order chi connectivity index (χ0) is 9.05. The zero-order valence-corrected chi connectivity index (χ0v) is 9.19. The molecule has 1 unspecified atom stereocenters. The lowest BCUT2D eigenvalue weighted by Gasteiger charge is -2.58. The van der Waals surface area contributed by atoms with Gasteiger partial charge in [0.05, 0.1) is 0 Å². The SMILES string of the molecule is CC(Cl)C12CC3CC(CC(C3)C1)C2. The summed E-state index contributed by atoms with van der Waals surface area (Å²) >= 11 is 6.40. The largest absolute Gasteiger partial charge is 0.123 e. The molecule has 0 heterocycles. The van der Waals surface area contributed by atoms with Crippen LogP contribution in [0.3, 0.4) is 0 Å². The Bertz CT molecular complexity index is 184. The van der Waals surface area contributed by atoms with Gasteiger partial charge in [-0.05, 0) is 68.6 Å². The van der Waals surface area contributed by atoms with Gasteiger partial charge in [0.1, 0.15) is 0 Å². The van der Waals surface area contributed by atoms with Gasteiger partial charge in [0.15, 0.2) is 0 Å². The molecule has 0 amide bonds. The van der Waals surface area contributed by atoms with E-state index in [1.165, 1.54) is 38.5 Å². The van der Waals surface area contributed by atoms with Gasteiger partial charge in [0.25, 0.3) is 0 Å². The summed E-state index contributed by atoms with van der Waals surface area (Å²) in [5, 5.41) is 0.417. The second-order valence-corrected chi connectivity index (χ2v) is 6.55. The van der Waals surface area contributed by atoms with E-state index in [4.69, 9.17) is 11.6 Å². The van der Waals surface area contributed by atoms with Gasteiger partial charge in [-0.15, -0.1) is 11.6 Å². The molecule has 4 bridgehead atoms. The summed E-state index contributed by atoms with van der Waals surface area (Å²) < 4.78 is 0. The van der Waals surface area contributed by atoms with Gasteiger partial charge >= 0.3 is 0 Å². The van der Waals surface area contributed by atoms with Crippen molar-refractivity contribution in [2.24, 2.45) is 23.2 Å². The van der Waals surface area contributed by atoms with Gasteiger partial charge < -0.3 is 0 Å². The van der Waals surface area contributed by atoms with Crippen molar-refractivity contribution in [1.29, 1.82) is 0 Å². The molecule has 4 aliphatic rings. The van der Waals surface area contributed by atoms with E-state index in [-0.39, 0.29) is 0 Å². The van der Waals surface area contributed by atoms with Crippen molar-refractivity contribution >= 4 is 11.6 Å². The number of hydrogen-bond donors (Lipinski definition) is 0. The maximum atomic E-state index is 6.40. The van der Waals surface area contributed by atoms with Crippen LogP contribution in [0.4, 0.5) is 0 Å². The van der Waals surface area contributed by atoms with Gasteiger partial charge in [0, 0.05) is 5.38 Å². The fraction of sp³-hybridized carbons (Fsp3) is 1.00. The second kappa shape index (κ2) is 2.66. The Hall–Kier alpha value is 0.290. The van der Waals surface area contributed by atoms with Crippen molar-refractivity contribution in [1.82, 2.24) is 0 Å². The van der Waals surface area contributed by atoms with Crippen molar-refractivity contribution in [3.05, 3.63) is 0 Å². The van der Waals surface area contributed by atoms with Crippen LogP contribution < -0.4 is 0 Å². The lowest BCUT2D eigenvalue weighted by atomic mass is 9.49. The van der Waals surface area contributed by atoms with Crippen LogP contribution in [0, 0.1) is 23.2 Å². The normalized spacial score (nSPS) is 55.4. The Labute approximate surface area is 86.0 Å². The standard InChI is InChI=1S/C12H19Cl/c1-8(13)12-5-9-2-10(6-12)4-11(3-9)7-12/h8-11H,2-7H2,1H3. The van der Waals surface area contributed by atoms with Gasteiger partial charge in [-0.3, -0.25) is 0 Å². The minimum absolute atomic E-state index is 0.417. The van der Waals surface area contributed by atoms with E-state index in [0.717, 1.165) is 17.8 Å². The number of alkyl halides is 1. The van der Waals surface area contributed by atoms with Crippen molar-refractivity contribution < 1.29 is 0 Å². The van der Waals surface area contributed by atoms with Crippen LogP contribution >= 0.6 is 11.6 Å². The first-order valence-corrected chi connectivity index (χ1v) is 6.26. The quantitative estimate of drug-likeness (QED) is 0.562. The summed E-state index contributed by atoms with van der Waals surface area (Å²) in [5.41, 5.74) is 0.566. The highest BCUT2D eigenvalue weighted by atomic mass is 35.5. The molecule has 0 aliphatic heterocycles. The molecule has 4 rings (SSSR count). The molecule has 13 heavy (non-hydrogen) atoms. The maximum Gasteiger partial charge on any atom is 0.0364 e. The van der Waals surface area contributed by atoms with Crippen LogP contribution in [0.15, 0.2) is 0 Å². The molecule has 0 aromatic heterocycles. The van der Waals surface area contributed by atoms with Crippen LogP contribution in [-0.4, -0.2) is 5.38 Å². The predicted octanol–water partition coefficient (Wildman–Crippen LogP) is 3.83. The average molecular weight is 199 g/mol. The second-order valence-electron chi connectivity index (χ2n) is 5.90. The Kier molecular flexibility index (Phi) is 1.75. The Balaban J connectivity index is 1.91. The van der Waals surface area contributed by atoms with Crippen LogP contribution in [0.1, 0.15) is 45.4 Å². The first-order valence-electron chi connectivity index (χ1n) is 5.82. The highest BCUT2D eigenvalue weighted by molar-refractivity contribution is 6.20. The van der Waals surface area contributed by atoms with Gasteiger partial charge in [0.2, 0.25) is 0 Å². The monoisotopic (exact) mass is 198 g/mol. The number of hydrogen-bond acceptors (Lipinski definition) is 0. The fourth-order valence-corrected chi connectivity index (χ4v) is 4.93. The Morgan fingerprint density at radius 1 is 1.00 bits per heavy atom. The van der Waals surface area contributed by atoms with E-state index >= 15 is 0 Å². The molecule has 0 spiro atoms. The molecule has 0 radical (unpaired) electrons. The maximum absolute atomic E-state index is 6.40. The Morgan fingerprint density at radius 3 is 1.69 bits per heavy atom. The third kappa shape index (κ3) is 1.17. The first-order chi connectivity index (χ1) is 6.18. The van der Waals surface area contributed by atoms with Crippen molar-refractivity contribution in [3.63, 3.8) is 0 Å². The third-order valence-corrected chi connectivity index (χ3v) is 5.39. The number of halogens is 1. The summed E-state index contributed by atoms with van der Waals surface area (Å²) in [6.45, 7) is 2.23. The van der Waals surface area contributed by atoms with Gasteiger partial charge in [-0.25, -0.2) is 0 Å². The van der Waals surface area contributed by atoms with Gasteiger partial charge in [-0.1, -0.05) is 0 Å². The molecule has 0 aromatic rings. The molecular weight excluding hydrogens is 180 g/mol. The van der Waals surface area contributed by atoms with Gasteiger partial charge in [-0.2, -0.15) is 0 Å². The molecule has 4 saturated carbocycles. The van der Waals surface area contributed by atoms with Crippen molar-refractivity contribution in [2.45, 2.75) is 50.8 Å². The molecule has 0 aromatic carbocycles. The summed E-state index contributed by atoms with van der Waals surface area (Å²) in [5.74, 6) is 3.15. The lowest BCUT2D eigenvalue weighted by molar-refractivity contribution is -0.0522. The predicted molar refractivity (Wildman–Crippen MR) is 55.9 cm³/mol. The van der Waals surface area contributed by atoms with Crippen molar-refractivity contribution in [2.75, 3.05) is 0 Å². The lowest BCUT2D eigenvalue weighted by Crippen LogP contribution is -2.49. The molecule has 1 heteroatoms. The highest BCUT2D eigenvalue weighted by Gasteiger charge is 2.52. The van der Waals surface area contributed by atoms with E-state index in [1.54, 1.807) is 0 Å². The molecule has 1 atom stereocenters. The molecule has 4 aliphatic carbocycles. The minimum Gasteiger partial charge on any atom is -0.123 e. The molecule has 4 fully saturated rings. The molecule has 74 valence electrons. The van der Waals surface area contributed by atoms with Crippen molar-refractivity contribution in [3.8, 4) is 0 Å². The summed E-state index contributed by atoms with van der Waals surface area (Å²) in [7, 11) is 0. The van der Waals surface area contributed by atoms with Crippen LogP contribution in [0.25, 0.3) is 0 Å². The van der Waals surface area contributed by atoms with E-state index < -0.39 is 0 Å². The first kappa shape index (κ1) is 8.59. The molecule has 0 N–H and O–H groups in total. The van der Waals surface area contributed by atoms with Crippen LogP contribution in [0.2, 0.25) is 0 Å². The molecule has 0 saturated heterocycles. The smallest absolute Gasteiger partial charge is 0.0364 e. The average Bonchev–Trinajstić information content (AvgIpc) is 2.00. The van der Waals surface area contributed by atoms with E-state index in [0.29, 0.717) is 10.8 Å². The van der Waals surface area contributed by atoms with E-state index in [2.05, 4.69) is 6.92 Å². The molecule has 0 nitrogen and oxygen atoms in total. The fourth-order valence-electron chi connectivity index (χ4n) is 4.66. The van der Waals surface area contributed by atoms with E-state index in [1.807, 2.05) is 0 Å². The van der Waals surface area contributed by atoms with Crippen LogP contribution in [-0.2, 0) is 0 Å². The Morgan fingerprint density at radius 2 is 1.38 bits per heavy atom. The highest BCUT2D eigenvalue weighted by Crippen LogP contribution is 2.62. The van der Waals surface area contributed by atoms with Crippen LogP contribution in [0.5, 0.6) is 0 Å². The minimum atomic E-state index is 0.417. The third-order valence-electron chi connectivity index (χ3n) is 4.93. The summed E-state index contributed by atoms with van der Waals surface area (Å²) in [6, 6.07) is 0. The topological polar surface area (TPSA) is 0 Å². The molecular formula is C12H19Cl. The zero-order valence-electron chi connectivity index (χ0n) is 8.43. The summed E-state index contributed by atoms with van der Waals surface area (Å²) in [6.07, 6.45) is 8.94. The van der Waals surface area contributed by atoms with E-state index in [9.17, 15) is 0 Å². The number of rotatable bonds is 1.